The van der Waals surface area contributed by atoms with Crippen LogP contribution in [0.25, 0.3) is 0 Å². The van der Waals surface area contributed by atoms with Gasteiger partial charge in [0.25, 0.3) is 5.91 Å². The van der Waals surface area contributed by atoms with Crippen LogP contribution < -0.4 is 14.8 Å². The van der Waals surface area contributed by atoms with Gasteiger partial charge in [0, 0.05) is 5.02 Å². The second kappa shape index (κ2) is 9.48. The molecule has 1 atom stereocenters. The second-order valence-corrected chi connectivity index (χ2v) is 6.44. The average Bonchev–Trinajstić information content (AvgIpc) is 2.61. The highest BCUT2D eigenvalue weighted by molar-refractivity contribution is 6.36. The zero-order valence-electron chi connectivity index (χ0n) is 14.8. The van der Waals surface area contributed by atoms with Gasteiger partial charge in [0.1, 0.15) is 0 Å². The summed E-state index contributed by atoms with van der Waals surface area (Å²) < 4.78 is 10.8. The number of hydrogen-bond donors (Lipinski definition) is 2. The molecule has 2 aromatic rings. The van der Waals surface area contributed by atoms with E-state index in [4.69, 9.17) is 32.7 Å². The summed E-state index contributed by atoms with van der Waals surface area (Å²) in [4.78, 5) is 23.9. The Morgan fingerprint density at radius 1 is 1.15 bits per heavy atom. The van der Waals surface area contributed by atoms with Crippen LogP contribution in [-0.4, -0.2) is 30.7 Å². The summed E-state index contributed by atoms with van der Waals surface area (Å²) in [6, 6.07) is 8.68. The predicted molar refractivity (Wildman–Crippen MR) is 103 cm³/mol. The first-order chi connectivity index (χ1) is 12.8. The molecular weight excluding hydrogens is 393 g/mol. The van der Waals surface area contributed by atoms with Gasteiger partial charge in [0.05, 0.1) is 36.8 Å². The van der Waals surface area contributed by atoms with Gasteiger partial charge in [-0.15, -0.1) is 0 Å². The topological polar surface area (TPSA) is 84.9 Å². The standard InChI is InChI=1S/C19H19Cl2NO5/c1-3-27-16-7-4-11(8-17(16)26-2)15(10-18(23)24)22-19(25)13-6-5-12(20)9-14(13)21/h4-9,15H,3,10H2,1-2H3,(H,22,25)(H,23,24)/t15-/m0/s1. The van der Waals surface area contributed by atoms with E-state index < -0.39 is 17.9 Å². The molecule has 0 saturated carbocycles. The minimum atomic E-state index is -1.06. The van der Waals surface area contributed by atoms with Crippen LogP contribution in [0.15, 0.2) is 36.4 Å². The van der Waals surface area contributed by atoms with Crippen LogP contribution in [0.3, 0.4) is 0 Å². The Hall–Kier alpha value is -2.44. The van der Waals surface area contributed by atoms with Crippen molar-refractivity contribution in [2.45, 2.75) is 19.4 Å². The molecule has 2 N–H and O–H groups in total. The molecule has 0 unspecified atom stereocenters. The van der Waals surface area contributed by atoms with Crippen LogP contribution in [0, 0.1) is 0 Å². The molecule has 0 aromatic heterocycles. The van der Waals surface area contributed by atoms with E-state index in [0.29, 0.717) is 28.7 Å². The number of carbonyl (C=O) groups excluding carboxylic acids is 1. The second-order valence-electron chi connectivity index (χ2n) is 5.59. The number of carboxylic acid groups (broad SMARTS) is 1. The van der Waals surface area contributed by atoms with Crippen molar-refractivity contribution in [1.29, 1.82) is 0 Å². The van der Waals surface area contributed by atoms with E-state index >= 15 is 0 Å². The van der Waals surface area contributed by atoms with Gasteiger partial charge in [-0.3, -0.25) is 9.59 Å². The van der Waals surface area contributed by atoms with Gasteiger partial charge in [-0.25, -0.2) is 0 Å². The fourth-order valence-electron chi connectivity index (χ4n) is 2.51. The number of hydrogen-bond acceptors (Lipinski definition) is 4. The number of benzene rings is 2. The molecule has 2 rings (SSSR count). The SMILES string of the molecule is CCOc1ccc([C@H](CC(=O)O)NC(=O)c2ccc(Cl)cc2Cl)cc1OC. The van der Waals surface area contributed by atoms with Gasteiger partial charge in [-0.2, -0.15) is 0 Å². The van der Waals surface area contributed by atoms with Crippen molar-refractivity contribution in [2.75, 3.05) is 13.7 Å². The molecule has 0 radical (unpaired) electrons. The predicted octanol–water partition coefficient (Wildman–Crippen LogP) is 4.35. The smallest absolute Gasteiger partial charge is 0.305 e. The van der Waals surface area contributed by atoms with Crippen molar-refractivity contribution in [3.05, 3.63) is 57.6 Å². The van der Waals surface area contributed by atoms with E-state index in [1.165, 1.54) is 25.3 Å². The largest absolute Gasteiger partial charge is 0.493 e. The maximum Gasteiger partial charge on any atom is 0.305 e. The normalized spacial score (nSPS) is 11.6. The lowest BCUT2D eigenvalue weighted by Crippen LogP contribution is -2.30. The summed E-state index contributed by atoms with van der Waals surface area (Å²) in [5.74, 6) is -0.584. The monoisotopic (exact) mass is 411 g/mol. The molecule has 0 aliphatic carbocycles. The van der Waals surface area contributed by atoms with E-state index in [1.807, 2.05) is 6.92 Å². The zero-order chi connectivity index (χ0) is 20.0. The molecule has 6 nitrogen and oxygen atoms in total. The molecular formula is C19H19Cl2NO5. The number of amides is 1. The van der Waals surface area contributed by atoms with Crippen LogP contribution in [0.2, 0.25) is 10.0 Å². The number of aliphatic carboxylic acids is 1. The lowest BCUT2D eigenvalue weighted by molar-refractivity contribution is -0.137. The van der Waals surface area contributed by atoms with Crippen LogP contribution >= 0.6 is 23.2 Å². The van der Waals surface area contributed by atoms with Crippen molar-refractivity contribution >= 4 is 35.1 Å². The van der Waals surface area contributed by atoms with E-state index in [9.17, 15) is 14.7 Å². The Balaban J connectivity index is 2.32. The molecule has 0 saturated heterocycles. The summed E-state index contributed by atoms with van der Waals surface area (Å²) >= 11 is 11.9. The Morgan fingerprint density at radius 2 is 1.89 bits per heavy atom. The Bertz CT molecular complexity index is 841. The van der Waals surface area contributed by atoms with Crippen molar-refractivity contribution in [1.82, 2.24) is 5.32 Å². The summed E-state index contributed by atoms with van der Waals surface area (Å²) in [6.07, 6.45) is -0.311. The maximum absolute atomic E-state index is 12.6. The van der Waals surface area contributed by atoms with Crippen molar-refractivity contribution in [2.24, 2.45) is 0 Å². The molecule has 0 aliphatic rings. The third kappa shape index (κ3) is 5.52. The van der Waals surface area contributed by atoms with Gasteiger partial charge >= 0.3 is 5.97 Å². The minimum absolute atomic E-state index is 0.179. The summed E-state index contributed by atoms with van der Waals surface area (Å²) in [7, 11) is 1.49. The highest BCUT2D eigenvalue weighted by Gasteiger charge is 2.22. The third-order valence-electron chi connectivity index (χ3n) is 3.75. The molecule has 8 heteroatoms. The molecule has 2 aromatic carbocycles. The number of carboxylic acids is 1. The lowest BCUT2D eigenvalue weighted by Gasteiger charge is -2.20. The van der Waals surface area contributed by atoms with E-state index in [2.05, 4.69) is 5.32 Å². The molecule has 144 valence electrons. The third-order valence-corrected chi connectivity index (χ3v) is 4.30. The number of carbonyl (C=O) groups is 2. The van der Waals surface area contributed by atoms with Gasteiger partial charge in [0.2, 0.25) is 0 Å². The highest BCUT2D eigenvalue weighted by Crippen LogP contribution is 2.31. The van der Waals surface area contributed by atoms with Crippen LogP contribution in [0.4, 0.5) is 0 Å². The fraction of sp³-hybridized carbons (Fsp3) is 0.263. The molecule has 0 bridgehead atoms. The number of nitrogens with one attached hydrogen (secondary N) is 1. The summed E-state index contributed by atoms with van der Waals surface area (Å²) in [5.41, 5.74) is 0.769. The first-order valence-electron chi connectivity index (χ1n) is 8.14. The molecule has 1 amide bonds. The molecule has 0 aliphatic heterocycles. The minimum Gasteiger partial charge on any atom is -0.493 e. The van der Waals surface area contributed by atoms with Crippen molar-refractivity contribution in [3.63, 3.8) is 0 Å². The van der Waals surface area contributed by atoms with Crippen molar-refractivity contribution < 1.29 is 24.2 Å². The van der Waals surface area contributed by atoms with Crippen LogP contribution in [-0.2, 0) is 4.79 Å². The quantitative estimate of drug-likeness (QED) is 0.674. The van der Waals surface area contributed by atoms with Gasteiger partial charge in [-0.05, 0) is 42.8 Å². The van der Waals surface area contributed by atoms with Gasteiger partial charge in [-0.1, -0.05) is 29.3 Å². The van der Waals surface area contributed by atoms with E-state index in [-0.39, 0.29) is 17.0 Å². The highest BCUT2D eigenvalue weighted by atomic mass is 35.5. The maximum atomic E-state index is 12.6. The van der Waals surface area contributed by atoms with E-state index in [1.54, 1.807) is 18.2 Å². The number of ether oxygens (including phenoxy) is 2. The molecule has 0 fully saturated rings. The molecule has 0 spiro atoms. The van der Waals surface area contributed by atoms with Crippen LogP contribution in [0.1, 0.15) is 35.3 Å². The van der Waals surface area contributed by atoms with E-state index in [0.717, 1.165) is 0 Å². The first kappa shape index (κ1) is 20.9. The lowest BCUT2D eigenvalue weighted by atomic mass is 10.0. The first-order valence-corrected chi connectivity index (χ1v) is 8.89. The Labute approximate surface area is 167 Å². The Kier molecular flexibility index (Phi) is 7.33. The van der Waals surface area contributed by atoms with Crippen LogP contribution in [0.5, 0.6) is 11.5 Å². The van der Waals surface area contributed by atoms with Gasteiger partial charge < -0.3 is 19.9 Å². The molecule has 27 heavy (non-hydrogen) atoms. The number of methoxy groups -OCH3 is 1. The number of halogens is 2. The molecule has 0 heterocycles. The summed E-state index contributed by atoms with van der Waals surface area (Å²) in [6.45, 7) is 2.30. The zero-order valence-corrected chi connectivity index (χ0v) is 16.3. The average molecular weight is 412 g/mol. The fourth-order valence-corrected chi connectivity index (χ4v) is 3.01. The van der Waals surface area contributed by atoms with Crippen molar-refractivity contribution in [3.8, 4) is 11.5 Å². The van der Waals surface area contributed by atoms with Gasteiger partial charge in [0.15, 0.2) is 11.5 Å². The summed E-state index contributed by atoms with van der Waals surface area (Å²) in [5, 5.41) is 12.5. The number of rotatable bonds is 8. The Morgan fingerprint density at radius 3 is 2.48 bits per heavy atom.